The fraction of sp³-hybridized carbons (Fsp3) is 0.333. The van der Waals surface area contributed by atoms with Crippen molar-refractivity contribution in [2.75, 3.05) is 0 Å². The second-order valence-electron chi connectivity index (χ2n) is 5.91. The van der Waals surface area contributed by atoms with Crippen molar-refractivity contribution in [2.45, 2.75) is 39.2 Å². The Hall–Kier alpha value is -1.60. The van der Waals surface area contributed by atoms with Gasteiger partial charge in [0.1, 0.15) is 0 Å². The Bertz CT molecular complexity index is 527. The molecule has 0 aliphatic rings. The van der Waals surface area contributed by atoms with Crippen molar-refractivity contribution in [2.24, 2.45) is 0 Å². The average molecular weight is 254 g/mol. The third kappa shape index (κ3) is 3.24. The first-order valence-electron chi connectivity index (χ1n) is 6.81. The highest BCUT2D eigenvalue weighted by Crippen LogP contribution is 2.26. The Labute approximate surface area is 115 Å². The van der Waals surface area contributed by atoms with Crippen molar-refractivity contribution in [3.63, 3.8) is 0 Å². The van der Waals surface area contributed by atoms with Crippen LogP contribution in [-0.2, 0) is 5.60 Å². The van der Waals surface area contributed by atoms with Gasteiger partial charge in [-0.1, -0.05) is 62.4 Å². The van der Waals surface area contributed by atoms with E-state index in [9.17, 15) is 5.11 Å². The van der Waals surface area contributed by atoms with Gasteiger partial charge < -0.3 is 5.11 Å². The fourth-order valence-electron chi connectivity index (χ4n) is 2.13. The zero-order valence-electron chi connectivity index (χ0n) is 12.1. The summed E-state index contributed by atoms with van der Waals surface area (Å²) in [7, 11) is 0. The third-order valence-corrected chi connectivity index (χ3v) is 3.50. The molecule has 0 bridgehead atoms. The van der Waals surface area contributed by atoms with Crippen molar-refractivity contribution in [3.05, 3.63) is 59.7 Å². The van der Waals surface area contributed by atoms with Gasteiger partial charge in [-0.3, -0.25) is 0 Å². The summed E-state index contributed by atoms with van der Waals surface area (Å²) in [4.78, 5) is 0. The molecule has 1 nitrogen and oxygen atoms in total. The Kier molecular flexibility index (Phi) is 3.77. The first-order valence-corrected chi connectivity index (χ1v) is 6.81. The van der Waals surface area contributed by atoms with E-state index in [4.69, 9.17) is 0 Å². The van der Waals surface area contributed by atoms with Crippen molar-refractivity contribution >= 4 is 0 Å². The maximum atomic E-state index is 9.95. The molecule has 0 heterocycles. The Morgan fingerprint density at radius 2 is 1.21 bits per heavy atom. The van der Waals surface area contributed by atoms with Crippen LogP contribution in [0.4, 0.5) is 0 Å². The second-order valence-corrected chi connectivity index (χ2v) is 5.91. The van der Waals surface area contributed by atoms with E-state index in [1.54, 1.807) is 13.8 Å². The molecular formula is C18H22O. The summed E-state index contributed by atoms with van der Waals surface area (Å²) in [5, 5.41) is 9.95. The number of rotatable bonds is 3. The van der Waals surface area contributed by atoms with Crippen LogP contribution in [0, 0.1) is 0 Å². The van der Waals surface area contributed by atoms with E-state index < -0.39 is 5.60 Å². The minimum atomic E-state index is -0.778. The van der Waals surface area contributed by atoms with Crippen molar-refractivity contribution in [1.29, 1.82) is 0 Å². The van der Waals surface area contributed by atoms with Gasteiger partial charge in [-0.2, -0.15) is 0 Å². The smallest absolute Gasteiger partial charge is 0.0840 e. The van der Waals surface area contributed by atoms with Gasteiger partial charge in [0.2, 0.25) is 0 Å². The molecule has 19 heavy (non-hydrogen) atoms. The van der Waals surface area contributed by atoms with Crippen LogP contribution < -0.4 is 0 Å². The first kappa shape index (κ1) is 13.8. The molecule has 100 valence electrons. The van der Waals surface area contributed by atoms with E-state index >= 15 is 0 Å². The van der Waals surface area contributed by atoms with E-state index in [1.807, 2.05) is 12.1 Å². The number of hydrogen-bond acceptors (Lipinski definition) is 1. The van der Waals surface area contributed by atoms with Crippen LogP contribution in [0.5, 0.6) is 0 Å². The topological polar surface area (TPSA) is 20.2 Å². The molecule has 0 spiro atoms. The van der Waals surface area contributed by atoms with Gasteiger partial charge in [0.15, 0.2) is 0 Å². The molecular weight excluding hydrogens is 232 g/mol. The van der Waals surface area contributed by atoms with E-state index in [1.165, 1.54) is 16.7 Å². The monoisotopic (exact) mass is 254 g/mol. The molecule has 0 saturated carbocycles. The Morgan fingerprint density at radius 3 is 1.58 bits per heavy atom. The first-order chi connectivity index (χ1) is 8.88. The Morgan fingerprint density at radius 1 is 0.789 bits per heavy atom. The zero-order valence-corrected chi connectivity index (χ0v) is 12.1. The van der Waals surface area contributed by atoms with Crippen LogP contribution in [0.15, 0.2) is 48.5 Å². The lowest BCUT2D eigenvalue weighted by Crippen LogP contribution is -2.14. The summed E-state index contributed by atoms with van der Waals surface area (Å²) in [6.45, 7) is 8.01. The van der Waals surface area contributed by atoms with Crippen molar-refractivity contribution in [1.82, 2.24) is 0 Å². The van der Waals surface area contributed by atoms with Gasteiger partial charge in [-0.25, -0.2) is 0 Å². The van der Waals surface area contributed by atoms with Gasteiger partial charge in [0.25, 0.3) is 0 Å². The highest BCUT2D eigenvalue weighted by Gasteiger charge is 2.15. The van der Waals surface area contributed by atoms with E-state index in [0.717, 1.165) is 5.56 Å². The molecule has 1 N–H and O–H groups in total. The highest BCUT2D eigenvalue weighted by molar-refractivity contribution is 5.64. The molecule has 0 atom stereocenters. The summed E-state index contributed by atoms with van der Waals surface area (Å²) >= 11 is 0. The van der Waals surface area contributed by atoms with E-state index in [2.05, 4.69) is 50.2 Å². The molecule has 0 fully saturated rings. The standard InChI is InChI=1S/C18H22O/c1-13(2)14-5-7-15(8-6-14)16-9-11-17(12-10-16)18(3,4)19/h5-13,19H,1-4H3. The van der Waals surface area contributed by atoms with Crippen LogP contribution >= 0.6 is 0 Å². The van der Waals surface area contributed by atoms with Gasteiger partial charge in [0.05, 0.1) is 5.60 Å². The van der Waals surface area contributed by atoms with Crippen LogP contribution in [0.2, 0.25) is 0 Å². The van der Waals surface area contributed by atoms with Gasteiger partial charge >= 0.3 is 0 Å². The predicted octanol–water partition coefficient (Wildman–Crippen LogP) is 4.70. The quantitative estimate of drug-likeness (QED) is 0.841. The summed E-state index contributed by atoms with van der Waals surface area (Å²) in [5.74, 6) is 0.562. The van der Waals surface area contributed by atoms with Crippen LogP contribution in [0.25, 0.3) is 11.1 Å². The average Bonchev–Trinajstić information content (AvgIpc) is 2.38. The number of hydrogen-bond donors (Lipinski definition) is 1. The lowest BCUT2D eigenvalue weighted by Gasteiger charge is -2.18. The lowest BCUT2D eigenvalue weighted by molar-refractivity contribution is 0.0786. The number of benzene rings is 2. The maximum absolute atomic E-state index is 9.95. The van der Waals surface area contributed by atoms with E-state index in [0.29, 0.717) is 5.92 Å². The maximum Gasteiger partial charge on any atom is 0.0840 e. The normalized spacial score (nSPS) is 11.9. The summed E-state index contributed by atoms with van der Waals surface area (Å²) in [6.07, 6.45) is 0. The Balaban J connectivity index is 2.27. The SMILES string of the molecule is CC(C)c1ccc(-c2ccc(C(C)(C)O)cc2)cc1. The minimum absolute atomic E-state index is 0.562. The minimum Gasteiger partial charge on any atom is -0.386 e. The highest BCUT2D eigenvalue weighted by atomic mass is 16.3. The molecule has 0 aliphatic heterocycles. The summed E-state index contributed by atoms with van der Waals surface area (Å²) in [6, 6.07) is 16.8. The summed E-state index contributed by atoms with van der Waals surface area (Å²) in [5.41, 5.74) is 3.92. The molecule has 2 aromatic rings. The van der Waals surface area contributed by atoms with Gasteiger partial charge in [-0.15, -0.1) is 0 Å². The third-order valence-electron chi connectivity index (χ3n) is 3.50. The van der Waals surface area contributed by atoms with Gasteiger partial charge in [-0.05, 0) is 42.0 Å². The fourth-order valence-corrected chi connectivity index (χ4v) is 2.13. The molecule has 0 aliphatic carbocycles. The largest absolute Gasteiger partial charge is 0.386 e. The second kappa shape index (κ2) is 5.18. The van der Waals surface area contributed by atoms with Crippen LogP contribution in [-0.4, -0.2) is 5.11 Å². The molecule has 0 aromatic heterocycles. The lowest BCUT2D eigenvalue weighted by atomic mass is 9.94. The molecule has 0 unspecified atom stereocenters. The van der Waals surface area contributed by atoms with Gasteiger partial charge in [0, 0.05) is 0 Å². The molecule has 2 aromatic carbocycles. The van der Waals surface area contributed by atoms with Crippen molar-refractivity contribution < 1.29 is 5.11 Å². The number of aliphatic hydroxyl groups is 1. The molecule has 0 saturated heterocycles. The molecule has 1 heteroatoms. The molecule has 0 radical (unpaired) electrons. The van der Waals surface area contributed by atoms with Crippen LogP contribution in [0.1, 0.15) is 44.7 Å². The molecule has 2 rings (SSSR count). The summed E-state index contributed by atoms with van der Waals surface area (Å²) < 4.78 is 0. The van der Waals surface area contributed by atoms with E-state index in [-0.39, 0.29) is 0 Å². The molecule has 0 amide bonds. The van der Waals surface area contributed by atoms with Crippen LogP contribution in [0.3, 0.4) is 0 Å². The zero-order chi connectivity index (χ0) is 14.0. The predicted molar refractivity (Wildman–Crippen MR) is 81.2 cm³/mol. The van der Waals surface area contributed by atoms with Crippen molar-refractivity contribution in [3.8, 4) is 11.1 Å².